The maximum Gasteiger partial charge on any atom is 0.405 e. The van der Waals surface area contributed by atoms with Gasteiger partial charge in [0.05, 0.1) is 4.92 Å². The molecule has 20 heavy (non-hydrogen) atoms. The van der Waals surface area contributed by atoms with Crippen LogP contribution in [0.1, 0.15) is 13.3 Å². The summed E-state index contributed by atoms with van der Waals surface area (Å²) in [6.07, 6.45) is -3.67. The minimum absolute atomic E-state index is 0.0616. The Hall–Kier alpha value is -1.99. The number of halogens is 3. The van der Waals surface area contributed by atoms with Crippen molar-refractivity contribution in [3.63, 3.8) is 0 Å². The average Bonchev–Trinajstić information content (AvgIpc) is 2.33. The third-order valence-corrected chi connectivity index (χ3v) is 2.59. The molecular weight excluding hydrogens is 275 g/mol. The molecule has 0 heterocycles. The molecule has 0 amide bonds. The maximum atomic E-state index is 12.4. The van der Waals surface area contributed by atoms with Crippen molar-refractivity contribution in [3.8, 4) is 0 Å². The first-order valence-electron chi connectivity index (χ1n) is 6.05. The summed E-state index contributed by atoms with van der Waals surface area (Å²) in [6, 6.07) is 4.28. The number of hydrogen-bond donors (Lipinski definition) is 1. The van der Waals surface area contributed by atoms with E-state index in [0.29, 0.717) is 6.54 Å². The zero-order valence-corrected chi connectivity index (χ0v) is 11.2. The Kier molecular flexibility index (Phi) is 5.18. The van der Waals surface area contributed by atoms with Crippen LogP contribution >= 0.6 is 0 Å². The van der Waals surface area contributed by atoms with E-state index < -0.39 is 17.6 Å². The number of benzene rings is 1. The van der Waals surface area contributed by atoms with Gasteiger partial charge in [0.1, 0.15) is 17.9 Å². The van der Waals surface area contributed by atoms with E-state index in [1.54, 1.807) is 0 Å². The van der Waals surface area contributed by atoms with Crippen molar-refractivity contribution in [1.82, 2.24) is 0 Å². The number of nitrogens with one attached hydrogen (secondary N) is 1. The highest BCUT2D eigenvalue weighted by atomic mass is 19.4. The Balaban J connectivity index is 3.15. The fourth-order valence-electron chi connectivity index (χ4n) is 1.79. The standard InChI is InChI=1S/C12H16F3N3O2/c1-3-7-16-9-5-4-6-10(11(9)18(19)20)17(2)8-12(13,14)15/h4-6,16H,3,7-8H2,1-2H3. The average molecular weight is 291 g/mol. The van der Waals surface area contributed by atoms with Crippen LogP contribution in [-0.4, -0.2) is 31.2 Å². The topological polar surface area (TPSA) is 58.4 Å². The van der Waals surface area contributed by atoms with Crippen molar-refractivity contribution in [1.29, 1.82) is 0 Å². The molecule has 0 saturated heterocycles. The summed E-state index contributed by atoms with van der Waals surface area (Å²) in [5.74, 6) is 0. The zero-order valence-electron chi connectivity index (χ0n) is 11.2. The van der Waals surface area contributed by atoms with Gasteiger partial charge >= 0.3 is 11.9 Å². The molecule has 1 rings (SSSR count). The highest BCUT2D eigenvalue weighted by Crippen LogP contribution is 2.36. The summed E-state index contributed by atoms with van der Waals surface area (Å²) >= 11 is 0. The molecule has 1 aromatic rings. The number of para-hydroxylation sites is 1. The van der Waals surface area contributed by atoms with Crippen molar-refractivity contribution >= 4 is 17.1 Å². The van der Waals surface area contributed by atoms with Gasteiger partial charge in [-0.15, -0.1) is 0 Å². The van der Waals surface area contributed by atoms with E-state index in [2.05, 4.69) is 5.32 Å². The van der Waals surface area contributed by atoms with Gasteiger partial charge in [-0.25, -0.2) is 0 Å². The van der Waals surface area contributed by atoms with E-state index in [9.17, 15) is 23.3 Å². The van der Waals surface area contributed by atoms with Crippen LogP contribution in [0.15, 0.2) is 18.2 Å². The smallest absolute Gasteiger partial charge is 0.379 e. The molecule has 0 aliphatic rings. The summed E-state index contributed by atoms with van der Waals surface area (Å²) < 4.78 is 37.2. The number of nitro benzene ring substituents is 1. The van der Waals surface area contributed by atoms with Gasteiger partial charge in [-0.2, -0.15) is 13.2 Å². The lowest BCUT2D eigenvalue weighted by molar-refractivity contribution is -0.383. The number of rotatable bonds is 6. The van der Waals surface area contributed by atoms with Crippen molar-refractivity contribution < 1.29 is 18.1 Å². The Morgan fingerprint density at radius 3 is 2.55 bits per heavy atom. The predicted molar refractivity (Wildman–Crippen MR) is 71.2 cm³/mol. The number of alkyl halides is 3. The van der Waals surface area contributed by atoms with E-state index in [-0.39, 0.29) is 17.1 Å². The molecule has 0 atom stereocenters. The molecule has 1 aromatic carbocycles. The van der Waals surface area contributed by atoms with Gasteiger partial charge in [-0.05, 0) is 18.6 Å². The number of nitro groups is 1. The first kappa shape index (κ1) is 16.1. The van der Waals surface area contributed by atoms with Crippen LogP contribution in [-0.2, 0) is 0 Å². The minimum Gasteiger partial charge on any atom is -0.379 e. The predicted octanol–water partition coefficient (Wildman–Crippen LogP) is 3.42. The van der Waals surface area contributed by atoms with Crippen molar-refractivity contribution in [2.24, 2.45) is 0 Å². The van der Waals surface area contributed by atoms with Crippen LogP contribution in [0.25, 0.3) is 0 Å². The van der Waals surface area contributed by atoms with Gasteiger partial charge in [0.15, 0.2) is 0 Å². The quantitative estimate of drug-likeness (QED) is 0.644. The molecule has 0 bridgehead atoms. The second kappa shape index (κ2) is 6.44. The van der Waals surface area contributed by atoms with E-state index >= 15 is 0 Å². The lowest BCUT2D eigenvalue weighted by Crippen LogP contribution is -2.31. The summed E-state index contributed by atoms with van der Waals surface area (Å²) in [7, 11) is 1.18. The monoisotopic (exact) mass is 291 g/mol. The number of hydrogen-bond acceptors (Lipinski definition) is 4. The molecule has 0 aliphatic heterocycles. The van der Waals surface area contributed by atoms with Gasteiger partial charge in [-0.3, -0.25) is 10.1 Å². The van der Waals surface area contributed by atoms with Crippen LogP contribution < -0.4 is 10.2 Å². The highest BCUT2D eigenvalue weighted by molar-refractivity contribution is 5.76. The van der Waals surface area contributed by atoms with Gasteiger partial charge in [0.2, 0.25) is 0 Å². The van der Waals surface area contributed by atoms with E-state index in [1.807, 2.05) is 6.92 Å². The van der Waals surface area contributed by atoms with Crippen molar-refractivity contribution in [3.05, 3.63) is 28.3 Å². The van der Waals surface area contributed by atoms with Crippen LogP contribution in [0.4, 0.5) is 30.2 Å². The molecule has 0 unspecified atom stereocenters. The van der Waals surface area contributed by atoms with Crippen molar-refractivity contribution in [2.45, 2.75) is 19.5 Å². The molecule has 0 fully saturated rings. The number of anilines is 2. The third-order valence-electron chi connectivity index (χ3n) is 2.59. The Labute approximate surface area is 114 Å². The normalized spacial score (nSPS) is 11.2. The van der Waals surface area contributed by atoms with Crippen LogP contribution in [0, 0.1) is 10.1 Å². The first-order chi connectivity index (χ1) is 9.26. The molecule has 1 N–H and O–H groups in total. The fraction of sp³-hybridized carbons (Fsp3) is 0.500. The first-order valence-corrected chi connectivity index (χ1v) is 6.05. The Bertz CT molecular complexity index is 478. The molecule has 8 heteroatoms. The Morgan fingerprint density at radius 1 is 1.40 bits per heavy atom. The summed E-state index contributed by atoms with van der Waals surface area (Å²) in [5, 5.41) is 14.0. The molecule has 112 valence electrons. The molecule has 5 nitrogen and oxygen atoms in total. The van der Waals surface area contributed by atoms with Gasteiger partial charge in [0.25, 0.3) is 0 Å². The van der Waals surface area contributed by atoms with Gasteiger partial charge in [0, 0.05) is 13.6 Å². The van der Waals surface area contributed by atoms with Crippen LogP contribution in [0.5, 0.6) is 0 Å². The van der Waals surface area contributed by atoms with Gasteiger partial charge < -0.3 is 10.2 Å². The van der Waals surface area contributed by atoms with E-state index in [4.69, 9.17) is 0 Å². The zero-order chi connectivity index (χ0) is 15.3. The molecule has 0 saturated carbocycles. The SMILES string of the molecule is CCCNc1cccc(N(C)CC(F)(F)F)c1[N+](=O)[O-]. The lowest BCUT2D eigenvalue weighted by Gasteiger charge is -2.21. The second-order valence-corrected chi connectivity index (χ2v) is 4.33. The summed E-state index contributed by atoms with van der Waals surface area (Å²) in [4.78, 5) is 11.3. The minimum atomic E-state index is -4.42. The number of nitrogens with zero attached hydrogens (tertiary/aromatic N) is 2. The molecule has 0 spiro atoms. The molecule has 0 aliphatic carbocycles. The second-order valence-electron chi connectivity index (χ2n) is 4.33. The lowest BCUT2D eigenvalue weighted by atomic mass is 10.2. The highest BCUT2D eigenvalue weighted by Gasteiger charge is 2.32. The molecule has 0 radical (unpaired) electrons. The fourth-order valence-corrected chi connectivity index (χ4v) is 1.79. The van der Waals surface area contributed by atoms with E-state index in [0.717, 1.165) is 11.3 Å². The van der Waals surface area contributed by atoms with Crippen molar-refractivity contribution in [2.75, 3.05) is 30.4 Å². The summed E-state index contributed by atoms with van der Waals surface area (Å²) in [6.45, 7) is 1.15. The van der Waals surface area contributed by atoms with E-state index in [1.165, 1.54) is 25.2 Å². The third kappa shape index (κ3) is 4.29. The molecular formula is C12H16F3N3O2. The van der Waals surface area contributed by atoms with Gasteiger partial charge in [-0.1, -0.05) is 13.0 Å². The maximum absolute atomic E-state index is 12.4. The largest absolute Gasteiger partial charge is 0.405 e. The molecule has 0 aromatic heterocycles. The summed E-state index contributed by atoms with van der Waals surface area (Å²) in [5.41, 5.74) is -0.176. The van der Waals surface area contributed by atoms with Crippen LogP contribution in [0.3, 0.4) is 0 Å². The Morgan fingerprint density at radius 2 is 2.05 bits per heavy atom. The van der Waals surface area contributed by atoms with Crippen LogP contribution in [0.2, 0.25) is 0 Å².